The fourth-order valence-corrected chi connectivity index (χ4v) is 4.20. The molecule has 1 aliphatic carbocycles. The summed E-state index contributed by atoms with van der Waals surface area (Å²) in [6.45, 7) is 3.54. The number of nitrogens with zero attached hydrogens (tertiary/aromatic N) is 3. The zero-order valence-electron chi connectivity index (χ0n) is 11.1. The molecule has 0 spiro atoms. The molecule has 2 atom stereocenters. The number of rotatable bonds is 4. The van der Waals surface area contributed by atoms with Crippen LogP contribution in [0.15, 0.2) is 0 Å². The van der Waals surface area contributed by atoms with E-state index in [0.29, 0.717) is 6.54 Å². The van der Waals surface area contributed by atoms with Gasteiger partial charge in [-0.05, 0) is 25.2 Å². The predicted molar refractivity (Wildman–Crippen MR) is 73.5 cm³/mol. The summed E-state index contributed by atoms with van der Waals surface area (Å²) in [6, 6.07) is 0. The number of fused-ring (bicyclic) bond motifs is 1. The van der Waals surface area contributed by atoms with Crippen molar-refractivity contribution in [3.8, 4) is 0 Å². The molecule has 104 valence electrons. The number of hydrogen-bond acceptors (Lipinski definition) is 5. The van der Waals surface area contributed by atoms with Crippen molar-refractivity contribution in [2.24, 2.45) is 11.3 Å². The lowest BCUT2D eigenvalue weighted by atomic mass is 9.81. The minimum absolute atomic E-state index is 0.281. The maximum atomic E-state index is 11.6. The van der Waals surface area contributed by atoms with Gasteiger partial charge in [-0.15, -0.1) is 0 Å². The number of aryl methyl sites for hydroxylation is 1. The Labute approximate surface area is 116 Å². The molecule has 0 unspecified atom stereocenters. The van der Waals surface area contributed by atoms with Crippen LogP contribution >= 0.6 is 11.5 Å². The van der Waals surface area contributed by atoms with Gasteiger partial charge in [0.1, 0.15) is 5.82 Å². The summed E-state index contributed by atoms with van der Waals surface area (Å²) in [4.78, 5) is 18.3. The van der Waals surface area contributed by atoms with Gasteiger partial charge < -0.3 is 10.0 Å². The van der Waals surface area contributed by atoms with Gasteiger partial charge >= 0.3 is 5.97 Å². The largest absolute Gasteiger partial charge is 0.481 e. The van der Waals surface area contributed by atoms with Gasteiger partial charge in [0, 0.05) is 31.0 Å². The molecule has 0 bridgehead atoms. The summed E-state index contributed by atoms with van der Waals surface area (Å²) in [7, 11) is 0. The fourth-order valence-electron chi connectivity index (χ4n) is 3.48. The Bertz CT molecular complexity index is 490. The van der Waals surface area contributed by atoms with E-state index in [9.17, 15) is 9.90 Å². The number of aromatic nitrogens is 2. The second-order valence-corrected chi connectivity index (χ2v) is 6.40. The molecule has 0 aromatic carbocycles. The molecule has 2 heterocycles. The van der Waals surface area contributed by atoms with Gasteiger partial charge in [0.15, 0.2) is 0 Å². The number of aliphatic carboxylic acids is 1. The van der Waals surface area contributed by atoms with Crippen LogP contribution in [0.2, 0.25) is 0 Å². The molecule has 1 N–H and O–H groups in total. The van der Waals surface area contributed by atoms with Crippen molar-refractivity contribution in [1.82, 2.24) is 9.36 Å². The number of carboxylic acid groups (broad SMARTS) is 1. The second-order valence-electron chi connectivity index (χ2n) is 5.67. The number of anilines is 1. The third-order valence-corrected chi connectivity index (χ3v) is 5.31. The second kappa shape index (κ2) is 4.74. The van der Waals surface area contributed by atoms with Crippen LogP contribution in [0, 0.1) is 11.3 Å². The Morgan fingerprint density at radius 1 is 1.63 bits per heavy atom. The van der Waals surface area contributed by atoms with E-state index in [-0.39, 0.29) is 5.92 Å². The van der Waals surface area contributed by atoms with Gasteiger partial charge in [-0.25, -0.2) is 4.98 Å². The van der Waals surface area contributed by atoms with Crippen molar-refractivity contribution in [1.29, 1.82) is 0 Å². The maximum absolute atomic E-state index is 11.6. The average molecular weight is 281 g/mol. The van der Waals surface area contributed by atoms with E-state index in [0.717, 1.165) is 49.6 Å². The van der Waals surface area contributed by atoms with Crippen molar-refractivity contribution in [3.05, 3.63) is 5.82 Å². The first-order chi connectivity index (χ1) is 9.15. The molecule has 2 aliphatic rings. The molecule has 3 rings (SSSR count). The van der Waals surface area contributed by atoms with Gasteiger partial charge in [0.25, 0.3) is 0 Å². The van der Waals surface area contributed by atoms with Crippen LogP contribution in [0.25, 0.3) is 0 Å². The van der Waals surface area contributed by atoms with Crippen LogP contribution in [-0.4, -0.2) is 33.5 Å². The Morgan fingerprint density at radius 3 is 3.16 bits per heavy atom. The van der Waals surface area contributed by atoms with Gasteiger partial charge in [-0.1, -0.05) is 13.3 Å². The minimum Gasteiger partial charge on any atom is -0.481 e. The summed E-state index contributed by atoms with van der Waals surface area (Å²) >= 11 is 1.41. The van der Waals surface area contributed by atoms with Crippen molar-refractivity contribution >= 4 is 22.6 Å². The molecule has 0 radical (unpaired) electrons. The lowest BCUT2D eigenvalue weighted by Crippen LogP contribution is -2.35. The SMILES string of the molecule is CCCc1nsc(N2C[C@@H]3CCC[C@@]3(C(=O)O)C2)n1. The molecule has 1 aromatic rings. The van der Waals surface area contributed by atoms with Crippen LogP contribution in [0.5, 0.6) is 0 Å². The molecular weight excluding hydrogens is 262 g/mol. The van der Waals surface area contributed by atoms with Crippen molar-refractivity contribution in [2.45, 2.75) is 39.0 Å². The summed E-state index contributed by atoms with van der Waals surface area (Å²) in [6.07, 6.45) is 4.82. The summed E-state index contributed by atoms with van der Waals surface area (Å²) in [5, 5.41) is 10.5. The molecule has 19 heavy (non-hydrogen) atoms. The van der Waals surface area contributed by atoms with Crippen LogP contribution in [-0.2, 0) is 11.2 Å². The Balaban J connectivity index is 1.79. The average Bonchev–Trinajstić information content (AvgIpc) is 3.00. The van der Waals surface area contributed by atoms with E-state index in [1.165, 1.54) is 11.5 Å². The highest BCUT2D eigenvalue weighted by Crippen LogP contribution is 2.49. The summed E-state index contributed by atoms with van der Waals surface area (Å²) in [5.41, 5.74) is -0.531. The highest BCUT2D eigenvalue weighted by atomic mass is 32.1. The molecular formula is C13H19N3O2S. The minimum atomic E-state index is -0.629. The first kappa shape index (κ1) is 12.8. The molecule has 1 aromatic heterocycles. The smallest absolute Gasteiger partial charge is 0.311 e. The van der Waals surface area contributed by atoms with E-state index < -0.39 is 11.4 Å². The summed E-state index contributed by atoms with van der Waals surface area (Å²) in [5.74, 6) is 0.545. The molecule has 1 saturated carbocycles. The predicted octanol–water partition coefficient (Wildman–Crippen LogP) is 2.18. The Hall–Kier alpha value is -1.17. The monoisotopic (exact) mass is 281 g/mol. The molecule has 2 fully saturated rings. The van der Waals surface area contributed by atoms with E-state index in [1.807, 2.05) is 0 Å². The maximum Gasteiger partial charge on any atom is 0.311 e. The van der Waals surface area contributed by atoms with E-state index in [2.05, 4.69) is 21.2 Å². The normalized spacial score (nSPS) is 29.7. The fraction of sp³-hybridized carbons (Fsp3) is 0.769. The Morgan fingerprint density at radius 2 is 2.47 bits per heavy atom. The number of carboxylic acids is 1. The molecule has 1 aliphatic heterocycles. The van der Waals surface area contributed by atoms with Gasteiger partial charge in [0.2, 0.25) is 5.13 Å². The zero-order chi connectivity index (χ0) is 13.5. The molecule has 6 heteroatoms. The van der Waals surface area contributed by atoms with Crippen LogP contribution in [0.4, 0.5) is 5.13 Å². The first-order valence-electron chi connectivity index (χ1n) is 6.96. The lowest BCUT2D eigenvalue weighted by molar-refractivity contribution is -0.149. The van der Waals surface area contributed by atoms with Gasteiger partial charge in [-0.3, -0.25) is 4.79 Å². The Kier molecular flexibility index (Phi) is 3.20. The third kappa shape index (κ3) is 2.02. The van der Waals surface area contributed by atoms with Gasteiger partial charge in [0.05, 0.1) is 5.41 Å². The third-order valence-electron chi connectivity index (χ3n) is 4.50. The van der Waals surface area contributed by atoms with Crippen molar-refractivity contribution < 1.29 is 9.90 Å². The van der Waals surface area contributed by atoms with Crippen molar-refractivity contribution in [3.63, 3.8) is 0 Å². The molecule has 0 amide bonds. The van der Waals surface area contributed by atoms with E-state index >= 15 is 0 Å². The van der Waals surface area contributed by atoms with E-state index in [4.69, 9.17) is 0 Å². The van der Waals surface area contributed by atoms with E-state index in [1.54, 1.807) is 0 Å². The van der Waals surface area contributed by atoms with Crippen LogP contribution in [0.1, 0.15) is 38.4 Å². The zero-order valence-corrected chi connectivity index (χ0v) is 11.9. The quantitative estimate of drug-likeness (QED) is 0.916. The first-order valence-corrected chi connectivity index (χ1v) is 7.74. The standard InChI is InChI=1S/C13H19N3O2S/c1-2-4-10-14-12(19-15-10)16-7-9-5-3-6-13(9,8-16)11(17)18/h9H,2-8H2,1H3,(H,17,18)/t9-,13+/m0/s1. The number of carbonyl (C=O) groups is 1. The highest BCUT2D eigenvalue weighted by molar-refractivity contribution is 7.09. The lowest BCUT2D eigenvalue weighted by Gasteiger charge is -2.22. The highest BCUT2D eigenvalue weighted by Gasteiger charge is 2.55. The number of hydrogen-bond donors (Lipinski definition) is 1. The van der Waals surface area contributed by atoms with Gasteiger partial charge in [-0.2, -0.15) is 4.37 Å². The van der Waals surface area contributed by atoms with Crippen molar-refractivity contribution in [2.75, 3.05) is 18.0 Å². The topological polar surface area (TPSA) is 66.3 Å². The molecule has 5 nitrogen and oxygen atoms in total. The summed E-state index contributed by atoms with van der Waals surface area (Å²) < 4.78 is 4.35. The van der Waals surface area contributed by atoms with Crippen LogP contribution in [0.3, 0.4) is 0 Å². The molecule has 1 saturated heterocycles. The van der Waals surface area contributed by atoms with Crippen LogP contribution < -0.4 is 4.90 Å².